The molecule has 1 aromatic carbocycles. The van der Waals surface area contributed by atoms with E-state index < -0.39 is 11.5 Å². The van der Waals surface area contributed by atoms with E-state index in [1.165, 1.54) is 24.7 Å². The lowest BCUT2D eigenvalue weighted by Gasteiger charge is -2.37. The van der Waals surface area contributed by atoms with Crippen molar-refractivity contribution in [3.8, 4) is 0 Å². The van der Waals surface area contributed by atoms with Crippen LogP contribution in [-0.2, 0) is 4.79 Å². The van der Waals surface area contributed by atoms with Gasteiger partial charge in [0.05, 0.1) is 28.4 Å². The van der Waals surface area contributed by atoms with Crippen LogP contribution in [0.2, 0.25) is 5.02 Å². The number of nitrogens with one attached hydrogen (secondary N) is 2. The summed E-state index contributed by atoms with van der Waals surface area (Å²) in [5.41, 5.74) is 1.55. The first-order valence-corrected chi connectivity index (χ1v) is 10.4. The second-order valence-corrected chi connectivity index (χ2v) is 8.06. The molecule has 162 valence electrons. The molecule has 0 aliphatic carbocycles. The average molecular weight is 443 g/mol. The van der Waals surface area contributed by atoms with E-state index in [2.05, 4.69) is 15.3 Å². The zero-order valence-corrected chi connectivity index (χ0v) is 18.1. The van der Waals surface area contributed by atoms with Crippen LogP contribution in [0.4, 0.5) is 11.4 Å². The Balaban J connectivity index is 1.82. The number of hydrogen-bond acceptors (Lipinski definition) is 4. The van der Waals surface area contributed by atoms with Gasteiger partial charge < -0.3 is 15.2 Å². The number of anilines is 1. The first-order chi connectivity index (χ1) is 14.8. The highest BCUT2D eigenvalue weighted by Crippen LogP contribution is 2.28. The molecule has 9 heteroatoms. The first-order valence-electron chi connectivity index (χ1n) is 9.98. The molecule has 1 aromatic heterocycles. The molecule has 1 saturated heterocycles. The van der Waals surface area contributed by atoms with Gasteiger partial charge in [-0.25, -0.2) is 4.99 Å². The number of benzene rings is 1. The van der Waals surface area contributed by atoms with E-state index in [4.69, 9.17) is 17.0 Å². The molecular weight excluding hydrogens is 418 g/mol. The van der Waals surface area contributed by atoms with Crippen LogP contribution in [0.3, 0.4) is 0 Å². The highest BCUT2D eigenvalue weighted by Gasteiger charge is 2.34. The summed E-state index contributed by atoms with van der Waals surface area (Å²) in [6.45, 7) is 4.10. The van der Waals surface area contributed by atoms with Crippen LogP contribution >= 0.6 is 11.6 Å². The van der Waals surface area contributed by atoms with Crippen molar-refractivity contribution in [2.75, 3.05) is 11.9 Å². The van der Waals surface area contributed by atoms with Crippen molar-refractivity contribution in [3.63, 3.8) is 0 Å². The lowest BCUT2D eigenvalue weighted by atomic mass is 9.91. The number of amides is 2. The highest BCUT2D eigenvalue weighted by atomic mass is 35.5. The molecule has 1 aliphatic rings. The number of piperidine rings is 1. The number of hydrogen-bond donors (Lipinski definition) is 3. The lowest BCUT2D eigenvalue weighted by molar-refractivity contribution is -0.121. The van der Waals surface area contributed by atoms with Crippen molar-refractivity contribution in [3.05, 3.63) is 57.0 Å². The summed E-state index contributed by atoms with van der Waals surface area (Å²) in [7, 11) is 0. The lowest BCUT2D eigenvalue weighted by Crippen LogP contribution is -2.48. The van der Waals surface area contributed by atoms with Crippen LogP contribution in [0.5, 0.6) is 0 Å². The molecule has 2 heterocycles. The summed E-state index contributed by atoms with van der Waals surface area (Å²) >= 11 is 5.91. The molecule has 1 aliphatic heterocycles. The van der Waals surface area contributed by atoms with Crippen molar-refractivity contribution in [1.82, 2.24) is 9.88 Å². The van der Waals surface area contributed by atoms with Gasteiger partial charge in [-0.1, -0.05) is 23.2 Å². The fraction of sp³-hybridized carbons (Fsp3) is 0.318. The van der Waals surface area contributed by atoms with E-state index in [1.54, 1.807) is 17.0 Å². The summed E-state index contributed by atoms with van der Waals surface area (Å²) < 4.78 is 0. The monoisotopic (exact) mass is 442 g/mol. The number of H-pyrrole nitrogens is 1. The van der Waals surface area contributed by atoms with E-state index in [0.29, 0.717) is 29.1 Å². The minimum absolute atomic E-state index is 0.0375. The fourth-order valence-corrected chi connectivity index (χ4v) is 3.76. The van der Waals surface area contributed by atoms with Gasteiger partial charge in [0.15, 0.2) is 6.21 Å². The molecule has 1 unspecified atom stereocenters. The van der Waals surface area contributed by atoms with Crippen LogP contribution in [-0.4, -0.2) is 46.7 Å². The zero-order chi connectivity index (χ0) is 22.5. The maximum absolute atomic E-state index is 13.4. The molecule has 0 spiro atoms. The number of likely N-dealkylation sites (tertiary alicyclic amines) is 1. The Morgan fingerprint density at radius 2 is 2.10 bits per heavy atom. The van der Waals surface area contributed by atoms with Crippen molar-refractivity contribution >= 4 is 47.2 Å². The van der Waals surface area contributed by atoms with Crippen molar-refractivity contribution < 1.29 is 15.0 Å². The van der Waals surface area contributed by atoms with Gasteiger partial charge in [0.1, 0.15) is 5.69 Å². The van der Waals surface area contributed by atoms with Gasteiger partial charge in [-0.2, -0.15) is 0 Å². The number of aliphatic imine (C=N–C) groups is 1. The second-order valence-electron chi connectivity index (χ2n) is 7.62. The average Bonchev–Trinajstić information content (AvgIpc) is 2.75. The number of aromatic nitrogens is 1. The summed E-state index contributed by atoms with van der Waals surface area (Å²) in [6, 6.07) is 6.79. The van der Waals surface area contributed by atoms with Gasteiger partial charge in [-0.3, -0.25) is 19.8 Å². The molecule has 0 bridgehead atoms. The van der Waals surface area contributed by atoms with Crippen LogP contribution in [0.1, 0.15) is 35.7 Å². The minimum Gasteiger partial charge on any atom is -0.335 e. The molecule has 3 rings (SSSR count). The van der Waals surface area contributed by atoms with Crippen molar-refractivity contribution in [1.29, 1.82) is 0 Å². The molecule has 31 heavy (non-hydrogen) atoms. The van der Waals surface area contributed by atoms with Gasteiger partial charge in [-0.15, -0.1) is 0 Å². The largest absolute Gasteiger partial charge is 0.335 e. The minimum atomic E-state index is -0.451. The molecule has 2 amide bonds. The van der Waals surface area contributed by atoms with Gasteiger partial charge in [0.2, 0.25) is 5.91 Å². The number of carbonyl (C=O) groups is 2. The second kappa shape index (κ2) is 9.70. The number of aryl methyl sites for hydroxylation is 1. The Labute approximate surface area is 184 Å². The smallest absolute Gasteiger partial charge is 0.271 e. The molecule has 1 fully saturated rings. The fourth-order valence-electron chi connectivity index (χ4n) is 3.60. The van der Waals surface area contributed by atoms with Gasteiger partial charge >= 0.3 is 0 Å². The summed E-state index contributed by atoms with van der Waals surface area (Å²) in [5.74, 6) is -0.969. The standard InChI is InChI=1S/C22H24ClN5O3/c1-13-3-6-18(25-8-7-24)17(9-13)22(31)28-12-15(5-4-14(28)2)20(29)27-19-10-16(23)11-26-21(19)30/h3,6-11,14-15,24H,4-5,12H2,1-2H3,(H,26,30)(H,27,29)/p+1/t14-,15?/m1/s1. The maximum Gasteiger partial charge on any atom is 0.271 e. The zero-order valence-electron chi connectivity index (χ0n) is 17.4. The third-order valence-corrected chi connectivity index (χ3v) is 5.54. The maximum atomic E-state index is 13.4. The third kappa shape index (κ3) is 5.27. The number of rotatable bonds is 5. The van der Waals surface area contributed by atoms with Crippen molar-refractivity contribution in [2.24, 2.45) is 10.9 Å². The predicted octanol–water partition coefficient (Wildman–Crippen LogP) is 1.75. The SMILES string of the molecule is Cc1ccc(N=CC=[NH2+])c(C(=O)N2CC(C(=O)Nc3cc(Cl)c[nH]c3=O)CC[C@H]2C)c1. The summed E-state index contributed by atoms with van der Waals surface area (Å²) in [4.78, 5) is 46.5. The summed E-state index contributed by atoms with van der Waals surface area (Å²) in [6.07, 6.45) is 5.36. The number of pyridine rings is 1. The Hall–Kier alpha value is -3.26. The van der Waals surface area contributed by atoms with E-state index in [1.807, 2.05) is 19.9 Å². The number of halogens is 1. The molecule has 2 aromatic rings. The normalized spacial score (nSPS) is 18.7. The van der Waals surface area contributed by atoms with Crippen LogP contribution < -0.4 is 16.3 Å². The molecule has 0 radical (unpaired) electrons. The van der Waals surface area contributed by atoms with E-state index in [0.717, 1.165) is 5.56 Å². The Morgan fingerprint density at radius 1 is 1.32 bits per heavy atom. The Morgan fingerprint density at radius 3 is 2.84 bits per heavy atom. The first kappa shape index (κ1) is 22.4. The summed E-state index contributed by atoms with van der Waals surface area (Å²) in [5, 5.41) is 8.33. The quantitative estimate of drug-likeness (QED) is 0.611. The van der Waals surface area contributed by atoms with E-state index in [-0.39, 0.29) is 30.1 Å². The Kier molecular flexibility index (Phi) is 7.02. The molecule has 4 N–H and O–H groups in total. The number of nitrogens with two attached hydrogens (primary N) is 1. The van der Waals surface area contributed by atoms with Crippen LogP contribution in [0, 0.1) is 12.8 Å². The predicted molar refractivity (Wildman–Crippen MR) is 121 cm³/mol. The molecule has 0 saturated carbocycles. The topological polar surface area (TPSA) is 120 Å². The number of aromatic amines is 1. The Bertz CT molecular complexity index is 1090. The van der Waals surface area contributed by atoms with E-state index >= 15 is 0 Å². The van der Waals surface area contributed by atoms with Gasteiger partial charge in [0, 0.05) is 18.8 Å². The van der Waals surface area contributed by atoms with Crippen LogP contribution in [0.25, 0.3) is 0 Å². The number of carbonyl (C=O) groups excluding carboxylic acids is 2. The molecule has 2 atom stereocenters. The number of nitrogens with zero attached hydrogens (tertiary/aromatic N) is 2. The third-order valence-electron chi connectivity index (χ3n) is 5.32. The van der Waals surface area contributed by atoms with Gasteiger partial charge in [-0.05, 0) is 44.9 Å². The van der Waals surface area contributed by atoms with Crippen molar-refractivity contribution in [2.45, 2.75) is 32.7 Å². The molecular formula is C22H25ClN5O3+. The molecule has 8 nitrogen and oxygen atoms in total. The van der Waals surface area contributed by atoms with E-state index in [9.17, 15) is 14.4 Å². The highest BCUT2D eigenvalue weighted by molar-refractivity contribution is 6.30. The van der Waals surface area contributed by atoms with Gasteiger partial charge in [0.25, 0.3) is 11.5 Å². The van der Waals surface area contributed by atoms with Crippen LogP contribution in [0.15, 0.2) is 40.2 Å².